The smallest absolute Gasteiger partial charge is 0.281 e. The van der Waals surface area contributed by atoms with Crippen molar-refractivity contribution in [3.05, 3.63) is 79.8 Å². The molecule has 35 heavy (non-hydrogen) atoms. The number of hydrogen-bond acceptors (Lipinski definition) is 6. The summed E-state index contributed by atoms with van der Waals surface area (Å²) in [5.74, 6) is 1.27. The van der Waals surface area contributed by atoms with E-state index in [1.807, 2.05) is 11.0 Å². The van der Waals surface area contributed by atoms with Crippen molar-refractivity contribution < 1.29 is 9.53 Å². The molecule has 2 aromatic carbocycles. The molecule has 0 aliphatic carbocycles. The topological polar surface area (TPSA) is 106 Å². The van der Waals surface area contributed by atoms with Gasteiger partial charge in [-0.05, 0) is 54.8 Å². The Balaban J connectivity index is 1.33. The minimum Gasteiger partial charge on any atom is -0.497 e. The largest absolute Gasteiger partial charge is 0.497 e. The summed E-state index contributed by atoms with van der Waals surface area (Å²) in [6, 6.07) is 12.3. The molecule has 0 unspecified atom stereocenters. The van der Waals surface area contributed by atoms with Crippen LogP contribution < -0.4 is 10.3 Å². The average Bonchev–Trinajstić information content (AvgIpc) is 3.28. The van der Waals surface area contributed by atoms with Crippen LogP contribution in [0.4, 0.5) is 0 Å². The fourth-order valence-electron chi connectivity index (χ4n) is 4.27. The molecule has 1 N–H and O–H groups in total. The molecule has 5 rings (SSSR count). The Kier molecular flexibility index (Phi) is 6.44. The van der Waals surface area contributed by atoms with Gasteiger partial charge in [-0.1, -0.05) is 34.5 Å². The minimum absolute atomic E-state index is 0.00878. The van der Waals surface area contributed by atoms with Gasteiger partial charge in [0, 0.05) is 34.6 Å². The molecule has 9 nitrogen and oxygen atoms in total. The number of piperidine rings is 1. The summed E-state index contributed by atoms with van der Waals surface area (Å²) in [7, 11) is 1.59. The van der Waals surface area contributed by atoms with E-state index < -0.39 is 0 Å². The third kappa shape index (κ3) is 4.74. The van der Waals surface area contributed by atoms with Crippen LogP contribution >= 0.6 is 23.2 Å². The van der Waals surface area contributed by atoms with Crippen molar-refractivity contribution in [3.8, 4) is 5.75 Å². The van der Waals surface area contributed by atoms with E-state index >= 15 is 0 Å². The highest BCUT2D eigenvalue weighted by atomic mass is 35.5. The van der Waals surface area contributed by atoms with Crippen molar-refractivity contribution in [1.29, 1.82) is 0 Å². The monoisotopic (exact) mass is 512 g/mol. The summed E-state index contributed by atoms with van der Waals surface area (Å²) in [5, 5.41) is 9.16. The number of H-pyrrole nitrogens is 1. The highest BCUT2D eigenvalue weighted by Crippen LogP contribution is 2.27. The molecule has 0 radical (unpaired) electrons. The second-order valence-corrected chi connectivity index (χ2v) is 9.24. The molecule has 4 aromatic rings. The lowest BCUT2D eigenvalue weighted by atomic mass is 9.95. The van der Waals surface area contributed by atoms with Crippen LogP contribution in [0.3, 0.4) is 0 Å². The Morgan fingerprint density at radius 2 is 1.89 bits per heavy atom. The Labute approximate surface area is 210 Å². The molecule has 1 aliphatic rings. The number of halogens is 2. The summed E-state index contributed by atoms with van der Waals surface area (Å²) >= 11 is 12.3. The first kappa shape index (κ1) is 23.3. The predicted molar refractivity (Wildman–Crippen MR) is 132 cm³/mol. The van der Waals surface area contributed by atoms with Crippen molar-refractivity contribution in [2.24, 2.45) is 0 Å². The molecule has 1 aliphatic heterocycles. The van der Waals surface area contributed by atoms with Gasteiger partial charge in [-0.3, -0.25) is 9.59 Å². The third-order valence-corrected chi connectivity index (χ3v) is 6.82. The first-order valence-corrected chi connectivity index (χ1v) is 11.9. The number of carbonyl (C=O) groups excluding carboxylic acids is 1. The van der Waals surface area contributed by atoms with Crippen molar-refractivity contribution >= 4 is 40.3 Å². The van der Waals surface area contributed by atoms with E-state index in [0.29, 0.717) is 65.3 Å². The molecule has 1 amide bonds. The van der Waals surface area contributed by atoms with Crippen LogP contribution in [0.2, 0.25) is 10.0 Å². The Bertz CT molecular complexity index is 1440. The van der Waals surface area contributed by atoms with Gasteiger partial charge in [0.15, 0.2) is 11.2 Å². The normalized spacial score (nSPS) is 14.4. The van der Waals surface area contributed by atoms with Crippen LogP contribution in [0.15, 0.2) is 47.3 Å². The maximum Gasteiger partial charge on any atom is 0.281 e. The first-order valence-electron chi connectivity index (χ1n) is 11.1. The number of benzene rings is 2. The summed E-state index contributed by atoms with van der Waals surface area (Å²) in [6.07, 6.45) is 1.36. The molecule has 0 bridgehead atoms. The summed E-state index contributed by atoms with van der Waals surface area (Å²) < 4.78 is 6.72. The minimum atomic E-state index is -0.338. The van der Waals surface area contributed by atoms with E-state index in [1.165, 1.54) is 0 Å². The van der Waals surface area contributed by atoms with E-state index in [-0.39, 0.29) is 22.9 Å². The highest BCUT2D eigenvalue weighted by Gasteiger charge is 2.27. The quantitative estimate of drug-likeness (QED) is 0.434. The molecular formula is C24H22Cl2N6O3. The number of likely N-dealkylation sites (tertiary alicyclic amines) is 1. The zero-order valence-electron chi connectivity index (χ0n) is 18.9. The number of ether oxygens (including phenoxy) is 1. The standard InChI is InChI=1S/C24H22Cl2N6O3/c1-35-18-6-3-15(4-7-18)24(34)31-10-8-14(9-11-31)21-27-22-20(23(33)28-21)29-30-32(22)13-16-2-5-17(25)12-19(16)26/h2-7,12,14H,8-11,13H2,1H3,(H,27,28,33). The molecule has 3 heterocycles. The van der Waals surface area contributed by atoms with Gasteiger partial charge >= 0.3 is 0 Å². The SMILES string of the molecule is COc1ccc(C(=O)N2CCC(c3nc4c(nnn4Cc4ccc(Cl)cc4Cl)c(=O)[nH]3)CC2)cc1. The number of nitrogens with zero attached hydrogens (tertiary/aromatic N) is 5. The number of fused-ring (bicyclic) bond motifs is 1. The van der Waals surface area contributed by atoms with Crippen molar-refractivity contribution in [1.82, 2.24) is 29.9 Å². The molecule has 1 fully saturated rings. The molecule has 1 saturated heterocycles. The van der Waals surface area contributed by atoms with Crippen LogP contribution in [0.25, 0.3) is 11.2 Å². The highest BCUT2D eigenvalue weighted by molar-refractivity contribution is 6.35. The lowest BCUT2D eigenvalue weighted by Crippen LogP contribution is -2.38. The molecule has 0 saturated carbocycles. The fraction of sp³-hybridized carbons (Fsp3) is 0.292. The number of aromatic nitrogens is 5. The number of rotatable bonds is 5. The Hall–Kier alpha value is -3.43. The maximum absolute atomic E-state index is 12.9. The van der Waals surface area contributed by atoms with Gasteiger partial charge in [0.25, 0.3) is 11.5 Å². The van der Waals surface area contributed by atoms with Crippen molar-refractivity contribution in [2.45, 2.75) is 25.3 Å². The number of aromatic amines is 1. The maximum atomic E-state index is 12.9. The Morgan fingerprint density at radius 3 is 2.57 bits per heavy atom. The molecule has 180 valence electrons. The number of hydrogen-bond donors (Lipinski definition) is 1. The first-order chi connectivity index (χ1) is 16.9. The molecule has 11 heteroatoms. The van der Waals surface area contributed by atoms with Gasteiger partial charge in [-0.2, -0.15) is 0 Å². The zero-order valence-corrected chi connectivity index (χ0v) is 20.4. The molecule has 0 atom stereocenters. The third-order valence-electron chi connectivity index (χ3n) is 6.23. The molecule has 2 aromatic heterocycles. The van der Waals surface area contributed by atoms with Crippen molar-refractivity contribution in [3.63, 3.8) is 0 Å². The van der Waals surface area contributed by atoms with Gasteiger partial charge < -0.3 is 14.6 Å². The van der Waals surface area contributed by atoms with Crippen molar-refractivity contribution in [2.75, 3.05) is 20.2 Å². The second-order valence-electron chi connectivity index (χ2n) is 8.40. The van der Waals surface area contributed by atoms with E-state index in [2.05, 4.69) is 15.3 Å². The van der Waals surface area contributed by atoms with E-state index in [0.717, 1.165) is 5.56 Å². The number of amides is 1. The lowest BCUT2D eigenvalue weighted by Gasteiger charge is -2.31. The van der Waals surface area contributed by atoms with Crippen LogP contribution in [0.5, 0.6) is 5.75 Å². The number of methoxy groups -OCH3 is 1. The van der Waals surface area contributed by atoms with Gasteiger partial charge in [-0.25, -0.2) is 9.67 Å². The van der Waals surface area contributed by atoms with E-state index in [1.54, 1.807) is 48.2 Å². The predicted octanol–water partition coefficient (Wildman–Crippen LogP) is 3.90. The summed E-state index contributed by atoms with van der Waals surface area (Å²) in [4.78, 5) is 35.0. The second kappa shape index (κ2) is 9.67. The Morgan fingerprint density at radius 1 is 1.14 bits per heavy atom. The summed E-state index contributed by atoms with van der Waals surface area (Å²) in [6.45, 7) is 1.43. The van der Waals surface area contributed by atoms with Gasteiger partial charge in [0.05, 0.1) is 13.7 Å². The van der Waals surface area contributed by atoms with E-state index in [4.69, 9.17) is 32.9 Å². The number of carbonyl (C=O) groups is 1. The molecular weight excluding hydrogens is 491 g/mol. The van der Waals surface area contributed by atoms with Crippen LogP contribution in [-0.4, -0.2) is 56.0 Å². The molecule has 0 spiro atoms. The van der Waals surface area contributed by atoms with E-state index in [9.17, 15) is 9.59 Å². The number of nitrogens with one attached hydrogen (secondary N) is 1. The van der Waals surface area contributed by atoms with Gasteiger partial charge in [0.2, 0.25) is 0 Å². The van der Waals surface area contributed by atoms with Crippen LogP contribution in [0.1, 0.15) is 40.5 Å². The zero-order chi connectivity index (χ0) is 24.5. The average molecular weight is 513 g/mol. The lowest BCUT2D eigenvalue weighted by molar-refractivity contribution is 0.0711. The summed E-state index contributed by atoms with van der Waals surface area (Å²) in [5.41, 5.74) is 1.64. The fourth-order valence-corrected chi connectivity index (χ4v) is 4.73. The van der Waals surface area contributed by atoms with Crippen LogP contribution in [-0.2, 0) is 6.54 Å². The van der Waals surface area contributed by atoms with Crippen LogP contribution in [0, 0.1) is 0 Å². The van der Waals surface area contributed by atoms with Gasteiger partial charge in [0.1, 0.15) is 11.6 Å². The van der Waals surface area contributed by atoms with Gasteiger partial charge in [-0.15, -0.1) is 5.10 Å².